The monoisotopic (exact) mass is 405 g/mol. The molecule has 4 rings (SSSR count). The lowest BCUT2D eigenvalue weighted by atomic mass is 9.93. The van der Waals surface area contributed by atoms with E-state index in [2.05, 4.69) is 41.4 Å². The first-order chi connectivity index (χ1) is 14.2. The molecule has 0 N–H and O–H groups in total. The van der Waals surface area contributed by atoms with Gasteiger partial charge in [0.2, 0.25) is 0 Å². The number of ether oxygens (including phenoxy) is 2. The molecule has 1 unspecified atom stereocenters. The number of nitrogens with zero attached hydrogens (tertiary/aromatic N) is 1. The van der Waals surface area contributed by atoms with E-state index in [1.165, 1.54) is 35.1 Å². The van der Waals surface area contributed by atoms with E-state index < -0.39 is 5.97 Å². The summed E-state index contributed by atoms with van der Waals surface area (Å²) in [7, 11) is 2.96. The van der Waals surface area contributed by atoms with Gasteiger partial charge in [0, 0.05) is 18.5 Å². The minimum absolute atomic E-state index is 0.330. The van der Waals surface area contributed by atoms with Gasteiger partial charge in [0.25, 0.3) is 0 Å². The Balaban J connectivity index is 1.45. The molecule has 0 aliphatic heterocycles. The predicted octanol–water partition coefficient (Wildman–Crippen LogP) is 5.00. The van der Waals surface area contributed by atoms with Crippen LogP contribution in [0.4, 0.5) is 0 Å². The maximum Gasteiger partial charge on any atom is 0.357 e. The zero-order valence-corrected chi connectivity index (χ0v) is 17.4. The van der Waals surface area contributed by atoms with Crippen LogP contribution >= 0.6 is 11.3 Å². The molecule has 0 bridgehead atoms. The molecule has 1 aliphatic rings. The van der Waals surface area contributed by atoms with E-state index >= 15 is 0 Å². The molecule has 0 spiro atoms. The second-order valence-electron chi connectivity index (χ2n) is 6.99. The van der Waals surface area contributed by atoms with Crippen LogP contribution in [-0.2, 0) is 22.6 Å². The van der Waals surface area contributed by atoms with Crippen LogP contribution in [0.25, 0.3) is 0 Å². The lowest BCUT2D eigenvalue weighted by Crippen LogP contribution is -2.17. The Morgan fingerprint density at radius 1 is 1.14 bits per heavy atom. The summed E-state index contributed by atoms with van der Waals surface area (Å²) in [4.78, 5) is 16.8. The quantitative estimate of drug-likeness (QED) is 0.428. The van der Waals surface area contributed by atoms with Crippen molar-refractivity contribution in [2.24, 2.45) is 4.99 Å². The second kappa shape index (κ2) is 8.62. The van der Waals surface area contributed by atoms with Gasteiger partial charge in [-0.15, -0.1) is 11.3 Å². The van der Waals surface area contributed by atoms with Crippen LogP contribution in [0.5, 0.6) is 5.75 Å². The van der Waals surface area contributed by atoms with E-state index in [0.29, 0.717) is 18.2 Å². The van der Waals surface area contributed by atoms with E-state index in [1.807, 2.05) is 23.6 Å². The van der Waals surface area contributed by atoms with Gasteiger partial charge in [-0.25, -0.2) is 4.79 Å². The van der Waals surface area contributed by atoms with Gasteiger partial charge in [-0.3, -0.25) is 4.99 Å². The fourth-order valence-corrected chi connectivity index (χ4v) is 4.83. The second-order valence-corrected chi connectivity index (χ2v) is 7.90. The minimum Gasteiger partial charge on any atom is -0.489 e. The number of esters is 1. The topological polar surface area (TPSA) is 47.9 Å². The highest BCUT2D eigenvalue weighted by Crippen LogP contribution is 2.38. The lowest BCUT2D eigenvalue weighted by molar-refractivity contribution is -0.132. The van der Waals surface area contributed by atoms with Crippen molar-refractivity contribution in [1.82, 2.24) is 0 Å². The third-order valence-electron chi connectivity index (χ3n) is 5.37. The molecule has 29 heavy (non-hydrogen) atoms. The normalized spacial score (nSPS) is 15.8. The summed E-state index contributed by atoms with van der Waals surface area (Å²) >= 11 is 1.46. The lowest BCUT2D eigenvalue weighted by Gasteiger charge is -2.13. The minimum atomic E-state index is -0.433. The average Bonchev–Trinajstić information content (AvgIpc) is 3.40. The Morgan fingerprint density at radius 2 is 1.93 bits per heavy atom. The summed E-state index contributed by atoms with van der Waals surface area (Å²) in [5, 5.41) is 1.93. The largest absolute Gasteiger partial charge is 0.489 e. The van der Waals surface area contributed by atoms with Crippen LogP contribution in [0.2, 0.25) is 0 Å². The Bertz CT molecular complexity index is 1040. The molecule has 0 fully saturated rings. The molecule has 1 aliphatic carbocycles. The van der Waals surface area contributed by atoms with Gasteiger partial charge in [0.15, 0.2) is 5.71 Å². The zero-order chi connectivity index (χ0) is 20.2. The highest BCUT2D eigenvalue weighted by Gasteiger charge is 2.23. The number of fused-ring (bicyclic) bond motifs is 1. The number of thiophene rings is 1. The molecule has 148 valence electrons. The Labute approximate surface area is 174 Å². The first-order valence-electron chi connectivity index (χ1n) is 9.63. The van der Waals surface area contributed by atoms with E-state index in [1.54, 1.807) is 7.05 Å². The van der Waals surface area contributed by atoms with Gasteiger partial charge < -0.3 is 9.47 Å². The molecule has 0 amide bonds. The number of methoxy groups -OCH3 is 1. The number of aryl methyl sites for hydroxylation is 1. The molecule has 0 radical (unpaired) electrons. The van der Waals surface area contributed by atoms with Crippen molar-refractivity contribution < 1.29 is 14.3 Å². The number of carbonyl (C=O) groups is 1. The molecule has 1 atom stereocenters. The van der Waals surface area contributed by atoms with Gasteiger partial charge in [0.05, 0.1) is 12.0 Å². The molecule has 2 aromatic carbocycles. The number of hydrogen-bond acceptors (Lipinski definition) is 5. The fraction of sp³-hybridized carbons (Fsp3) is 0.250. The first-order valence-corrected chi connectivity index (χ1v) is 10.5. The van der Waals surface area contributed by atoms with Crippen molar-refractivity contribution >= 4 is 23.0 Å². The van der Waals surface area contributed by atoms with E-state index in [-0.39, 0.29) is 0 Å². The first kappa shape index (κ1) is 19.4. The summed E-state index contributed by atoms with van der Waals surface area (Å²) in [6.07, 6.45) is 2.30. The molecule has 3 aromatic rings. The Kier molecular flexibility index (Phi) is 5.76. The van der Waals surface area contributed by atoms with Crippen LogP contribution in [-0.4, -0.2) is 25.8 Å². The SMILES string of the molecule is CN=C(C(=O)OC)c1sccc1COc1ccc(C2CCc3ccccc32)cc1. The average molecular weight is 406 g/mol. The highest BCUT2D eigenvalue weighted by molar-refractivity contribution is 7.13. The van der Waals surface area contributed by atoms with Crippen molar-refractivity contribution in [3.05, 3.63) is 87.1 Å². The summed E-state index contributed by atoms with van der Waals surface area (Å²) in [6.45, 7) is 0.375. The number of hydrogen-bond donors (Lipinski definition) is 0. The Hall–Kier alpha value is -2.92. The predicted molar refractivity (Wildman–Crippen MR) is 116 cm³/mol. The van der Waals surface area contributed by atoms with Gasteiger partial charge in [-0.05, 0) is 53.1 Å². The van der Waals surface area contributed by atoms with Crippen molar-refractivity contribution in [3.63, 3.8) is 0 Å². The van der Waals surface area contributed by atoms with Crippen molar-refractivity contribution in [2.45, 2.75) is 25.4 Å². The smallest absolute Gasteiger partial charge is 0.357 e. The van der Waals surface area contributed by atoms with Gasteiger partial charge in [-0.2, -0.15) is 0 Å². The molecular weight excluding hydrogens is 382 g/mol. The van der Waals surface area contributed by atoms with Crippen LogP contribution in [0.1, 0.15) is 39.5 Å². The molecular formula is C24H23NO3S. The molecule has 1 aromatic heterocycles. The van der Waals surface area contributed by atoms with Crippen LogP contribution in [0.15, 0.2) is 65.0 Å². The third kappa shape index (κ3) is 3.96. The number of benzene rings is 2. The fourth-order valence-electron chi connectivity index (χ4n) is 3.90. The molecule has 0 saturated heterocycles. The third-order valence-corrected chi connectivity index (χ3v) is 6.34. The maximum atomic E-state index is 11.9. The summed E-state index contributed by atoms with van der Waals surface area (Å²) in [5.41, 5.74) is 5.48. The highest BCUT2D eigenvalue weighted by atomic mass is 32.1. The van der Waals surface area contributed by atoms with E-state index in [9.17, 15) is 4.79 Å². The molecule has 5 heteroatoms. The van der Waals surface area contributed by atoms with E-state index in [0.717, 1.165) is 29.0 Å². The van der Waals surface area contributed by atoms with Crippen LogP contribution in [0, 0.1) is 0 Å². The molecule has 4 nitrogen and oxygen atoms in total. The number of rotatable bonds is 6. The number of carbonyl (C=O) groups excluding carboxylic acids is 1. The number of aliphatic imine (C=N–C) groups is 1. The molecule has 0 saturated carbocycles. The molecule has 1 heterocycles. The van der Waals surface area contributed by atoms with Crippen molar-refractivity contribution in [1.29, 1.82) is 0 Å². The van der Waals surface area contributed by atoms with E-state index in [4.69, 9.17) is 9.47 Å². The summed E-state index contributed by atoms with van der Waals surface area (Å²) in [6, 6.07) is 19.0. The standard InChI is InChI=1S/C24H23NO3S/c1-25-22(24(26)27-2)23-18(13-14-29-23)15-28-19-10-7-17(8-11-19)21-12-9-16-5-3-4-6-20(16)21/h3-8,10-11,13-14,21H,9,12,15H2,1-2H3. The summed E-state index contributed by atoms with van der Waals surface area (Å²) < 4.78 is 10.8. The van der Waals surface area contributed by atoms with Gasteiger partial charge >= 0.3 is 5.97 Å². The van der Waals surface area contributed by atoms with Crippen LogP contribution in [0.3, 0.4) is 0 Å². The van der Waals surface area contributed by atoms with Crippen molar-refractivity contribution in [3.8, 4) is 5.75 Å². The van der Waals surface area contributed by atoms with Crippen LogP contribution < -0.4 is 4.74 Å². The Morgan fingerprint density at radius 3 is 2.69 bits per heavy atom. The van der Waals surface area contributed by atoms with Crippen molar-refractivity contribution in [2.75, 3.05) is 14.2 Å². The maximum absolute atomic E-state index is 11.9. The van der Waals surface area contributed by atoms with Gasteiger partial charge in [0.1, 0.15) is 12.4 Å². The zero-order valence-electron chi connectivity index (χ0n) is 16.6. The summed E-state index contributed by atoms with van der Waals surface area (Å²) in [5.74, 6) is 0.842. The van der Waals surface area contributed by atoms with Gasteiger partial charge in [-0.1, -0.05) is 36.4 Å².